The quantitative estimate of drug-likeness (QED) is 0.782. The van der Waals surface area contributed by atoms with E-state index in [0.717, 1.165) is 19.5 Å². The molecular formula is C17H23N7. The third kappa shape index (κ3) is 3.12. The Hall–Kier alpha value is -2.41. The van der Waals surface area contributed by atoms with E-state index >= 15 is 0 Å². The van der Waals surface area contributed by atoms with E-state index in [1.54, 1.807) is 0 Å². The van der Waals surface area contributed by atoms with Crippen LogP contribution in [0.15, 0.2) is 30.3 Å². The van der Waals surface area contributed by atoms with Crippen LogP contribution in [0.5, 0.6) is 0 Å². The Kier molecular flexibility index (Phi) is 4.17. The van der Waals surface area contributed by atoms with Gasteiger partial charge in [0.15, 0.2) is 0 Å². The topological polar surface area (TPSA) is 92.0 Å². The summed E-state index contributed by atoms with van der Waals surface area (Å²) >= 11 is 0. The number of anilines is 3. The average molecular weight is 325 g/mol. The zero-order valence-electron chi connectivity index (χ0n) is 13.7. The number of hydrogen-bond acceptors (Lipinski definition) is 7. The SMILES string of the molecule is Nc1nc(NCc2ccccc2)nc(N2C3CCNCC2CC3)n1. The smallest absolute Gasteiger partial charge is 0.232 e. The molecular weight excluding hydrogens is 302 g/mol. The molecule has 4 rings (SSSR count). The van der Waals surface area contributed by atoms with E-state index in [1.807, 2.05) is 18.2 Å². The Morgan fingerprint density at radius 2 is 1.92 bits per heavy atom. The first kappa shape index (κ1) is 15.1. The lowest BCUT2D eigenvalue weighted by Gasteiger charge is -2.28. The van der Waals surface area contributed by atoms with E-state index in [4.69, 9.17) is 5.73 Å². The number of rotatable bonds is 4. The maximum absolute atomic E-state index is 5.94. The van der Waals surface area contributed by atoms with E-state index in [2.05, 4.69) is 42.6 Å². The molecule has 2 fully saturated rings. The fourth-order valence-electron chi connectivity index (χ4n) is 3.66. The Labute approximate surface area is 141 Å². The molecule has 2 aromatic rings. The molecule has 2 aliphatic heterocycles. The third-order valence-corrected chi connectivity index (χ3v) is 4.82. The summed E-state index contributed by atoms with van der Waals surface area (Å²) in [4.78, 5) is 15.6. The van der Waals surface area contributed by atoms with Crippen molar-refractivity contribution in [3.63, 3.8) is 0 Å². The minimum absolute atomic E-state index is 0.271. The highest BCUT2D eigenvalue weighted by atomic mass is 15.4. The van der Waals surface area contributed by atoms with Crippen molar-refractivity contribution in [2.24, 2.45) is 0 Å². The number of nitrogens with zero attached hydrogens (tertiary/aromatic N) is 4. The Morgan fingerprint density at radius 1 is 1.08 bits per heavy atom. The zero-order valence-corrected chi connectivity index (χ0v) is 13.7. The Bertz CT molecular complexity index is 677. The van der Waals surface area contributed by atoms with Gasteiger partial charge in [0.2, 0.25) is 17.8 Å². The molecule has 0 aliphatic carbocycles. The van der Waals surface area contributed by atoms with Crippen molar-refractivity contribution in [2.75, 3.05) is 29.0 Å². The molecule has 2 atom stereocenters. The number of benzene rings is 1. The fraction of sp³-hybridized carbons (Fsp3) is 0.471. The highest BCUT2D eigenvalue weighted by Crippen LogP contribution is 2.31. The molecule has 1 aromatic heterocycles. The van der Waals surface area contributed by atoms with Crippen LogP contribution in [-0.2, 0) is 6.54 Å². The normalized spacial score (nSPS) is 23.1. The number of aromatic nitrogens is 3. The first-order valence-corrected chi connectivity index (χ1v) is 8.58. The molecule has 0 spiro atoms. The van der Waals surface area contributed by atoms with Crippen LogP contribution in [0.2, 0.25) is 0 Å². The molecule has 2 aliphatic rings. The van der Waals surface area contributed by atoms with Crippen molar-refractivity contribution >= 4 is 17.8 Å². The van der Waals surface area contributed by atoms with Gasteiger partial charge in [0, 0.05) is 25.2 Å². The molecule has 7 heteroatoms. The third-order valence-electron chi connectivity index (χ3n) is 4.82. The molecule has 2 unspecified atom stereocenters. The number of hydrogen-bond donors (Lipinski definition) is 3. The van der Waals surface area contributed by atoms with E-state index < -0.39 is 0 Å². The number of nitrogens with one attached hydrogen (secondary N) is 2. The second kappa shape index (κ2) is 6.60. The van der Waals surface area contributed by atoms with Crippen LogP contribution in [0.4, 0.5) is 17.8 Å². The van der Waals surface area contributed by atoms with Crippen molar-refractivity contribution < 1.29 is 0 Å². The van der Waals surface area contributed by atoms with Gasteiger partial charge >= 0.3 is 0 Å². The van der Waals surface area contributed by atoms with Crippen molar-refractivity contribution in [3.05, 3.63) is 35.9 Å². The maximum atomic E-state index is 5.94. The van der Waals surface area contributed by atoms with Crippen LogP contribution in [0.1, 0.15) is 24.8 Å². The van der Waals surface area contributed by atoms with Crippen LogP contribution < -0.4 is 21.3 Å². The van der Waals surface area contributed by atoms with Gasteiger partial charge in [-0.05, 0) is 31.4 Å². The van der Waals surface area contributed by atoms with Crippen LogP contribution in [0.25, 0.3) is 0 Å². The van der Waals surface area contributed by atoms with Crippen molar-refractivity contribution in [1.82, 2.24) is 20.3 Å². The Morgan fingerprint density at radius 3 is 2.79 bits per heavy atom. The number of fused-ring (bicyclic) bond motifs is 2. The predicted molar refractivity (Wildman–Crippen MR) is 94.8 cm³/mol. The van der Waals surface area contributed by atoms with Crippen LogP contribution in [-0.4, -0.2) is 40.1 Å². The summed E-state index contributed by atoms with van der Waals surface area (Å²) in [6, 6.07) is 11.1. The second-order valence-corrected chi connectivity index (χ2v) is 6.44. The lowest BCUT2D eigenvalue weighted by atomic mass is 10.1. The number of nitrogens with two attached hydrogens (primary N) is 1. The summed E-state index contributed by atoms with van der Waals surface area (Å²) in [6.07, 6.45) is 3.50. The fourth-order valence-corrected chi connectivity index (χ4v) is 3.66. The van der Waals surface area contributed by atoms with E-state index in [0.29, 0.717) is 30.5 Å². The van der Waals surface area contributed by atoms with Gasteiger partial charge in [-0.2, -0.15) is 15.0 Å². The standard InChI is InChI=1S/C17H23N7/c18-15-21-16(20-10-12-4-2-1-3-5-12)23-17(22-15)24-13-6-7-14(24)11-19-9-8-13/h1-5,13-14,19H,6-11H2,(H3,18,20,21,22,23). The lowest BCUT2D eigenvalue weighted by molar-refractivity contribution is 0.567. The molecule has 0 amide bonds. The van der Waals surface area contributed by atoms with Gasteiger partial charge in [-0.25, -0.2) is 0 Å². The summed E-state index contributed by atoms with van der Waals surface area (Å²) in [5.74, 6) is 1.51. The van der Waals surface area contributed by atoms with Gasteiger partial charge in [-0.15, -0.1) is 0 Å². The molecule has 4 N–H and O–H groups in total. The predicted octanol–water partition coefficient (Wildman–Crippen LogP) is 1.40. The van der Waals surface area contributed by atoms with Gasteiger partial charge in [-0.3, -0.25) is 0 Å². The van der Waals surface area contributed by atoms with Gasteiger partial charge in [-0.1, -0.05) is 30.3 Å². The maximum Gasteiger partial charge on any atom is 0.232 e. The van der Waals surface area contributed by atoms with Gasteiger partial charge in [0.1, 0.15) is 0 Å². The molecule has 3 heterocycles. The molecule has 2 bridgehead atoms. The zero-order chi connectivity index (χ0) is 16.4. The largest absolute Gasteiger partial charge is 0.368 e. The molecule has 0 saturated carbocycles. The summed E-state index contributed by atoms with van der Waals surface area (Å²) < 4.78 is 0. The molecule has 1 aromatic carbocycles. The highest BCUT2D eigenvalue weighted by molar-refractivity contribution is 5.45. The van der Waals surface area contributed by atoms with E-state index in [9.17, 15) is 0 Å². The summed E-state index contributed by atoms with van der Waals surface area (Å²) in [5.41, 5.74) is 7.12. The van der Waals surface area contributed by atoms with Crippen molar-refractivity contribution in [1.29, 1.82) is 0 Å². The Balaban J connectivity index is 1.55. The molecule has 7 nitrogen and oxygen atoms in total. The molecule has 0 radical (unpaired) electrons. The monoisotopic (exact) mass is 325 g/mol. The van der Waals surface area contributed by atoms with Crippen LogP contribution in [0, 0.1) is 0 Å². The van der Waals surface area contributed by atoms with Gasteiger partial charge < -0.3 is 21.3 Å². The van der Waals surface area contributed by atoms with Gasteiger partial charge in [0.25, 0.3) is 0 Å². The molecule has 24 heavy (non-hydrogen) atoms. The number of nitrogen functional groups attached to an aromatic ring is 1. The summed E-state index contributed by atoms with van der Waals surface area (Å²) in [7, 11) is 0. The van der Waals surface area contributed by atoms with E-state index in [1.165, 1.54) is 18.4 Å². The van der Waals surface area contributed by atoms with Crippen molar-refractivity contribution in [2.45, 2.75) is 37.9 Å². The first-order valence-electron chi connectivity index (χ1n) is 8.58. The molecule has 126 valence electrons. The van der Waals surface area contributed by atoms with E-state index in [-0.39, 0.29) is 5.95 Å². The average Bonchev–Trinajstić information content (AvgIpc) is 2.86. The van der Waals surface area contributed by atoms with Crippen LogP contribution in [0.3, 0.4) is 0 Å². The lowest BCUT2D eigenvalue weighted by Crippen LogP contribution is -2.39. The minimum Gasteiger partial charge on any atom is -0.368 e. The molecule has 2 saturated heterocycles. The van der Waals surface area contributed by atoms with Gasteiger partial charge in [0.05, 0.1) is 0 Å². The minimum atomic E-state index is 0.271. The summed E-state index contributed by atoms with van der Waals surface area (Å²) in [6.45, 7) is 2.70. The van der Waals surface area contributed by atoms with Crippen LogP contribution >= 0.6 is 0 Å². The van der Waals surface area contributed by atoms with Crippen molar-refractivity contribution in [3.8, 4) is 0 Å². The summed E-state index contributed by atoms with van der Waals surface area (Å²) in [5, 5.41) is 6.76. The second-order valence-electron chi connectivity index (χ2n) is 6.44. The highest BCUT2D eigenvalue weighted by Gasteiger charge is 2.36. The first-order chi connectivity index (χ1) is 11.8.